The van der Waals surface area contributed by atoms with Gasteiger partial charge in [-0.05, 0) is 104 Å². The quantitative estimate of drug-likeness (QED) is 0.132. The van der Waals surface area contributed by atoms with Crippen molar-refractivity contribution in [1.29, 1.82) is 0 Å². The first kappa shape index (κ1) is 35.4. The number of pyridine rings is 1. The third-order valence-corrected chi connectivity index (χ3v) is 12.9. The number of hydrogen-bond donors (Lipinski definition) is 0. The lowest BCUT2D eigenvalue weighted by Crippen LogP contribution is -2.38. The van der Waals surface area contributed by atoms with Crippen molar-refractivity contribution in [2.75, 3.05) is 0 Å². The molecule has 292 valence electrons. The highest BCUT2D eigenvalue weighted by Crippen LogP contribution is 2.58. The number of rotatable bonds is 4. The summed E-state index contributed by atoms with van der Waals surface area (Å²) in [6.07, 6.45) is 10.2. The molecule has 12 rings (SSSR count). The summed E-state index contributed by atoms with van der Waals surface area (Å²) in [7, 11) is 2.10. The minimum absolute atomic E-state index is 0.155. The van der Waals surface area contributed by atoms with Gasteiger partial charge in [0.25, 0.3) is 0 Å². The van der Waals surface area contributed by atoms with Gasteiger partial charge in [-0.3, -0.25) is 4.57 Å². The molecule has 10 aromatic rings. The van der Waals surface area contributed by atoms with E-state index < -0.39 is 5.41 Å². The predicted molar refractivity (Wildman–Crippen MR) is 247 cm³/mol. The molecule has 0 saturated carbocycles. The van der Waals surface area contributed by atoms with Crippen LogP contribution in [-0.4, -0.2) is 14.1 Å². The SMILES string of the molecule is C[n+]1[c-]n2c3c(cccc31)C1(c3cc(-c4ccccc4)ccc3C=Cc3cccc(C(C)(C)C)c31)c1ccc(Oc3ccc4c5ccccc5n(-c5ccccn5)c4c3)cc1-2. The van der Waals surface area contributed by atoms with E-state index in [1.165, 1.54) is 55.5 Å². The molecule has 0 N–H and O–H groups in total. The summed E-state index contributed by atoms with van der Waals surface area (Å²) in [6.45, 7) is 7.02. The topological polar surface area (TPSA) is 35.9 Å². The van der Waals surface area contributed by atoms with Crippen molar-refractivity contribution in [3.05, 3.63) is 215 Å². The first-order valence-electron chi connectivity index (χ1n) is 21.0. The second-order valence-corrected chi connectivity index (χ2v) is 17.4. The molecule has 5 nitrogen and oxygen atoms in total. The van der Waals surface area contributed by atoms with Crippen molar-refractivity contribution in [2.24, 2.45) is 7.05 Å². The zero-order chi connectivity index (χ0) is 41.0. The number of para-hydroxylation sites is 2. The molecule has 3 aromatic heterocycles. The molecule has 0 amide bonds. The summed E-state index contributed by atoms with van der Waals surface area (Å²) >= 11 is 0. The Balaban J connectivity index is 1.13. The van der Waals surface area contributed by atoms with Gasteiger partial charge in [-0.1, -0.05) is 142 Å². The first-order chi connectivity index (χ1) is 29.8. The molecule has 1 atom stereocenters. The van der Waals surface area contributed by atoms with E-state index in [-0.39, 0.29) is 5.41 Å². The van der Waals surface area contributed by atoms with E-state index in [9.17, 15) is 0 Å². The number of ether oxygens (including phenoxy) is 1. The van der Waals surface area contributed by atoms with E-state index >= 15 is 0 Å². The van der Waals surface area contributed by atoms with Crippen molar-refractivity contribution in [2.45, 2.75) is 31.6 Å². The zero-order valence-corrected chi connectivity index (χ0v) is 34.5. The smallest absolute Gasteiger partial charge is 0.244 e. The van der Waals surface area contributed by atoms with Crippen molar-refractivity contribution in [3.8, 4) is 34.1 Å². The van der Waals surface area contributed by atoms with E-state index in [2.05, 4.69) is 212 Å². The molecular formula is C56H42N4O. The molecule has 1 aliphatic heterocycles. The number of imidazole rings is 1. The van der Waals surface area contributed by atoms with E-state index in [0.29, 0.717) is 0 Å². The Kier molecular flexibility index (Phi) is 7.55. The van der Waals surface area contributed by atoms with Crippen LogP contribution >= 0.6 is 0 Å². The molecule has 0 saturated heterocycles. The zero-order valence-electron chi connectivity index (χ0n) is 34.5. The van der Waals surface area contributed by atoms with Crippen LogP contribution in [0.15, 0.2) is 170 Å². The molecule has 0 fully saturated rings. The Hall–Kier alpha value is -7.50. The van der Waals surface area contributed by atoms with Crippen LogP contribution in [0.2, 0.25) is 0 Å². The normalized spacial score (nSPS) is 15.2. The molecule has 0 radical (unpaired) electrons. The standard InChI is InChI=1S/C56H42N4O/c1-55(2,3)45-18-12-16-38-25-23-37-24-26-39(36-14-6-5-7-15-36)32-47(37)56(53(38)45)44-30-28-41(34-51(44)59-35-58(4)49-21-13-19-46(56)54(49)59)61-40-27-29-43-42-17-8-9-20-48(42)60(50(43)33-40)52-22-10-11-31-57-52/h5-34H,1-4H3. The molecule has 1 aliphatic carbocycles. The highest BCUT2D eigenvalue weighted by atomic mass is 16.5. The van der Waals surface area contributed by atoms with Gasteiger partial charge in [0.1, 0.15) is 17.3 Å². The summed E-state index contributed by atoms with van der Waals surface area (Å²) in [6, 6.07) is 59.1. The maximum atomic E-state index is 6.94. The van der Waals surface area contributed by atoms with Gasteiger partial charge in [0, 0.05) is 23.0 Å². The van der Waals surface area contributed by atoms with Crippen LogP contribution in [0.1, 0.15) is 59.7 Å². The molecule has 7 aromatic carbocycles. The van der Waals surface area contributed by atoms with Gasteiger partial charge in [0.15, 0.2) is 0 Å². The van der Waals surface area contributed by atoms with E-state index in [4.69, 9.17) is 9.72 Å². The maximum absolute atomic E-state index is 6.94. The summed E-state index contributed by atoms with van der Waals surface area (Å²) in [4.78, 5) is 4.76. The second kappa shape index (κ2) is 13.0. The largest absolute Gasteiger partial charge is 0.458 e. The van der Waals surface area contributed by atoms with Gasteiger partial charge in [0.2, 0.25) is 6.33 Å². The molecule has 1 unspecified atom stereocenters. The molecule has 61 heavy (non-hydrogen) atoms. The van der Waals surface area contributed by atoms with E-state index in [0.717, 1.165) is 50.5 Å². The fraction of sp³-hybridized carbons (Fsp3) is 0.107. The average molecular weight is 787 g/mol. The number of nitrogens with zero attached hydrogens (tertiary/aromatic N) is 4. The fourth-order valence-electron chi connectivity index (χ4n) is 10.3. The highest BCUT2D eigenvalue weighted by Gasteiger charge is 2.49. The van der Waals surface area contributed by atoms with Crippen molar-refractivity contribution in [1.82, 2.24) is 14.1 Å². The summed E-state index contributed by atoms with van der Waals surface area (Å²) in [5, 5.41) is 2.33. The third kappa shape index (κ3) is 5.13. The Morgan fingerprint density at radius 1 is 0.607 bits per heavy atom. The van der Waals surface area contributed by atoms with E-state index in [1.54, 1.807) is 0 Å². The number of aromatic nitrogens is 4. The molecular weight excluding hydrogens is 745 g/mol. The first-order valence-corrected chi connectivity index (χ1v) is 21.0. The number of hydrogen-bond acceptors (Lipinski definition) is 2. The fourth-order valence-corrected chi connectivity index (χ4v) is 10.3. The van der Waals surface area contributed by atoms with Gasteiger partial charge >= 0.3 is 0 Å². The van der Waals surface area contributed by atoms with Crippen LogP contribution in [0.4, 0.5) is 0 Å². The average Bonchev–Trinajstić information content (AvgIpc) is 3.76. The minimum atomic E-state index is -0.700. The van der Waals surface area contributed by atoms with Crippen molar-refractivity contribution >= 4 is 45.0 Å². The van der Waals surface area contributed by atoms with Crippen LogP contribution in [0.5, 0.6) is 11.5 Å². The van der Waals surface area contributed by atoms with Crippen molar-refractivity contribution in [3.63, 3.8) is 0 Å². The molecule has 1 spiro atoms. The van der Waals surface area contributed by atoms with Crippen LogP contribution in [0.3, 0.4) is 0 Å². The van der Waals surface area contributed by atoms with Crippen LogP contribution in [0, 0.1) is 6.33 Å². The molecule has 4 heterocycles. The summed E-state index contributed by atoms with van der Waals surface area (Å²) in [5.41, 5.74) is 15.7. The Labute approximate surface area is 355 Å². The third-order valence-electron chi connectivity index (χ3n) is 12.9. The molecule has 2 aliphatic rings. The number of fused-ring (bicyclic) bond motifs is 11. The summed E-state index contributed by atoms with van der Waals surface area (Å²) < 4.78 is 13.6. The highest BCUT2D eigenvalue weighted by molar-refractivity contribution is 6.09. The minimum Gasteiger partial charge on any atom is -0.458 e. The van der Waals surface area contributed by atoms with Gasteiger partial charge in [0.05, 0.1) is 40.2 Å². The Bertz CT molecular complexity index is 3440. The van der Waals surface area contributed by atoms with Gasteiger partial charge < -0.3 is 13.9 Å². The lowest BCUT2D eigenvalue weighted by atomic mass is 9.59. The lowest BCUT2D eigenvalue weighted by Gasteiger charge is -2.45. The maximum Gasteiger partial charge on any atom is 0.244 e. The number of aryl methyl sites for hydroxylation is 1. The molecule has 0 bridgehead atoms. The van der Waals surface area contributed by atoms with Gasteiger partial charge in [-0.2, -0.15) is 0 Å². The van der Waals surface area contributed by atoms with Gasteiger partial charge in [-0.15, -0.1) is 0 Å². The Morgan fingerprint density at radius 3 is 2.23 bits per heavy atom. The van der Waals surface area contributed by atoms with Crippen LogP contribution < -0.4 is 9.30 Å². The second-order valence-electron chi connectivity index (χ2n) is 17.4. The predicted octanol–water partition coefficient (Wildman–Crippen LogP) is 12.7. The molecule has 5 heteroatoms. The Morgan fingerprint density at radius 2 is 1.38 bits per heavy atom. The lowest BCUT2D eigenvalue weighted by molar-refractivity contribution is -0.649. The van der Waals surface area contributed by atoms with Gasteiger partial charge in [-0.25, -0.2) is 4.98 Å². The van der Waals surface area contributed by atoms with Crippen LogP contribution in [-0.2, 0) is 17.9 Å². The van der Waals surface area contributed by atoms with Crippen molar-refractivity contribution < 1.29 is 9.30 Å². The van der Waals surface area contributed by atoms with E-state index in [1.807, 2.05) is 18.3 Å². The monoisotopic (exact) mass is 786 g/mol. The van der Waals surface area contributed by atoms with Crippen LogP contribution in [0.25, 0.3) is 67.6 Å². The summed E-state index contributed by atoms with van der Waals surface area (Å²) in [5.74, 6) is 2.37. The number of benzene rings is 7.